The van der Waals surface area contributed by atoms with Gasteiger partial charge in [0.25, 0.3) is 0 Å². The lowest BCUT2D eigenvalue weighted by Gasteiger charge is -2.00. The average molecular weight is 257 g/mol. The molecule has 0 radical (unpaired) electrons. The Balaban J connectivity index is 2.04. The quantitative estimate of drug-likeness (QED) is 0.850. The molecule has 0 saturated carbocycles. The molecule has 0 bridgehead atoms. The van der Waals surface area contributed by atoms with Crippen LogP contribution in [0, 0.1) is 11.6 Å². The van der Waals surface area contributed by atoms with E-state index in [1.165, 1.54) is 0 Å². The highest BCUT2D eigenvalue weighted by atomic mass is 32.2. The number of benzene rings is 1. The molecule has 2 N–H and O–H groups in total. The third kappa shape index (κ3) is 3.01. The number of aromatic nitrogens is 2. The van der Waals surface area contributed by atoms with Crippen molar-refractivity contribution in [3.63, 3.8) is 0 Å². The molecule has 0 spiro atoms. The normalized spacial score (nSPS) is 10.8. The number of hydrogen-bond acceptors (Lipinski definition) is 5. The molecule has 0 aliphatic heterocycles. The highest BCUT2D eigenvalue weighted by Gasteiger charge is 2.08. The SMILES string of the molecule is NCc1nc(CSc2cc(F)ccc2F)no1. The first-order chi connectivity index (χ1) is 8.19. The van der Waals surface area contributed by atoms with Crippen molar-refractivity contribution >= 4 is 11.8 Å². The van der Waals surface area contributed by atoms with Crippen LogP contribution in [-0.2, 0) is 12.3 Å². The zero-order valence-corrected chi connectivity index (χ0v) is 9.51. The number of rotatable bonds is 4. The summed E-state index contributed by atoms with van der Waals surface area (Å²) in [5.41, 5.74) is 5.30. The molecule has 0 amide bonds. The van der Waals surface area contributed by atoms with Crippen LogP contribution in [0.2, 0.25) is 0 Å². The second kappa shape index (κ2) is 5.24. The summed E-state index contributed by atoms with van der Waals surface area (Å²) in [5.74, 6) is 0.0622. The van der Waals surface area contributed by atoms with Gasteiger partial charge in [-0.05, 0) is 18.2 Å². The van der Waals surface area contributed by atoms with E-state index in [1.54, 1.807) is 0 Å². The Hall–Kier alpha value is -1.47. The van der Waals surface area contributed by atoms with Gasteiger partial charge < -0.3 is 10.3 Å². The van der Waals surface area contributed by atoms with Crippen LogP contribution >= 0.6 is 11.8 Å². The zero-order chi connectivity index (χ0) is 12.3. The van der Waals surface area contributed by atoms with Gasteiger partial charge in [0.15, 0.2) is 5.82 Å². The van der Waals surface area contributed by atoms with E-state index in [0.717, 1.165) is 30.0 Å². The van der Waals surface area contributed by atoms with Gasteiger partial charge in [0.2, 0.25) is 5.89 Å². The lowest BCUT2D eigenvalue weighted by atomic mass is 10.3. The summed E-state index contributed by atoms with van der Waals surface area (Å²) in [5, 5.41) is 3.65. The predicted molar refractivity (Wildman–Crippen MR) is 58.1 cm³/mol. The van der Waals surface area contributed by atoms with Crippen LogP contribution in [0.3, 0.4) is 0 Å². The molecule has 0 atom stereocenters. The molecule has 0 aliphatic carbocycles. The van der Waals surface area contributed by atoms with E-state index in [1.807, 2.05) is 0 Å². The smallest absolute Gasteiger partial charge is 0.240 e. The van der Waals surface area contributed by atoms with Crippen LogP contribution in [0.5, 0.6) is 0 Å². The zero-order valence-electron chi connectivity index (χ0n) is 8.69. The van der Waals surface area contributed by atoms with Crippen LogP contribution < -0.4 is 5.73 Å². The van der Waals surface area contributed by atoms with Crippen LogP contribution in [0.4, 0.5) is 8.78 Å². The fourth-order valence-electron chi connectivity index (χ4n) is 1.16. The summed E-state index contributed by atoms with van der Waals surface area (Å²) in [6.45, 7) is 0.159. The predicted octanol–water partition coefficient (Wildman–Crippen LogP) is 2.10. The van der Waals surface area contributed by atoms with Crippen LogP contribution in [-0.4, -0.2) is 10.1 Å². The van der Waals surface area contributed by atoms with Gasteiger partial charge in [-0.1, -0.05) is 5.16 Å². The van der Waals surface area contributed by atoms with Gasteiger partial charge >= 0.3 is 0 Å². The van der Waals surface area contributed by atoms with Crippen molar-refractivity contribution < 1.29 is 13.3 Å². The van der Waals surface area contributed by atoms with Gasteiger partial charge in [0.1, 0.15) is 11.6 Å². The maximum atomic E-state index is 13.3. The molecule has 1 aromatic heterocycles. The molecule has 0 unspecified atom stereocenters. The van der Waals surface area contributed by atoms with Crippen molar-refractivity contribution in [2.75, 3.05) is 0 Å². The molecule has 0 saturated heterocycles. The molecule has 1 heterocycles. The standard InChI is InChI=1S/C10H9F2N3OS/c11-6-1-2-7(12)8(3-6)17-5-9-14-10(4-13)16-15-9/h1-3H,4-5,13H2. The summed E-state index contributed by atoms with van der Waals surface area (Å²) in [6.07, 6.45) is 0. The molecular weight excluding hydrogens is 248 g/mol. The molecule has 7 heteroatoms. The van der Waals surface area contributed by atoms with Crippen molar-refractivity contribution in [3.8, 4) is 0 Å². The Bertz CT molecular complexity index is 518. The van der Waals surface area contributed by atoms with Crippen molar-refractivity contribution in [1.29, 1.82) is 0 Å². The van der Waals surface area contributed by atoms with Crippen molar-refractivity contribution in [1.82, 2.24) is 10.1 Å². The fraction of sp³-hybridized carbons (Fsp3) is 0.200. The molecule has 2 rings (SSSR count). The van der Waals surface area contributed by atoms with Crippen LogP contribution in [0.25, 0.3) is 0 Å². The van der Waals surface area contributed by atoms with E-state index < -0.39 is 11.6 Å². The molecule has 4 nitrogen and oxygen atoms in total. The molecule has 0 fully saturated rings. The maximum Gasteiger partial charge on any atom is 0.240 e. The summed E-state index contributed by atoms with van der Waals surface area (Å²) in [7, 11) is 0. The fourth-order valence-corrected chi connectivity index (χ4v) is 1.97. The number of thioether (sulfide) groups is 1. The first kappa shape index (κ1) is 12.0. The van der Waals surface area contributed by atoms with Gasteiger partial charge in [-0.25, -0.2) is 8.78 Å². The Labute approximate surface area is 100 Å². The minimum absolute atomic E-state index is 0.159. The minimum atomic E-state index is -0.482. The highest BCUT2D eigenvalue weighted by molar-refractivity contribution is 7.98. The lowest BCUT2D eigenvalue weighted by Crippen LogP contribution is -1.96. The molecule has 90 valence electrons. The summed E-state index contributed by atoms with van der Waals surface area (Å²) < 4.78 is 30.9. The third-order valence-electron chi connectivity index (χ3n) is 1.93. The minimum Gasteiger partial charge on any atom is -0.338 e. The summed E-state index contributed by atoms with van der Waals surface area (Å²) in [6, 6.07) is 3.28. The topological polar surface area (TPSA) is 64.9 Å². The van der Waals surface area contributed by atoms with E-state index in [4.69, 9.17) is 10.3 Å². The van der Waals surface area contributed by atoms with Gasteiger partial charge in [-0.2, -0.15) is 4.98 Å². The number of nitrogens with zero attached hydrogens (tertiary/aromatic N) is 2. The maximum absolute atomic E-state index is 13.3. The third-order valence-corrected chi connectivity index (χ3v) is 2.96. The van der Waals surface area contributed by atoms with Crippen molar-refractivity contribution in [2.24, 2.45) is 5.73 Å². The summed E-state index contributed by atoms with van der Waals surface area (Å²) in [4.78, 5) is 4.17. The summed E-state index contributed by atoms with van der Waals surface area (Å²) >= 11 is 1.10. The largest absolute Gasteiger partial charge is 0.338 e. The number of nitrogens with two attached hydrogens (primary N) is 1. The number of hydrogen-bond donors (Lipinski definition) is 1. The van der Waals surface area contributed by atoms with Crippen molar-refractivity contribution in [2.45, 2.75) is 17.2 Å². The van der Waals surface area contributed by atoms with Crippen molar-refractivity contribution in [3.05, 3.63) is 41.5 Å². The Morgan fingerprint density at radius 2 is 2.18 bits per heavy atom. The van der Waals surface area contributed by atoms with Gasteiger partial charge in [0.05, 0.1) is 12.3 Å². The second-order valence-electron chi connectivity index (χ2n) is 3.17. The van der Waals surface area contributed by atoms with Crippen LogP contribution in [0.1, 0.15) is 11.7 Å². The first-order valence-corrected chi connectivity index (χ1v) is 5.77. The molecular formula is C10H9F2N3OS. The highest BCUT2D eigenvalue weighted by Crippen LogP contribution is 2.25. The van der Waals surface area contributed by atoms with E-state index in [0.29, 0.717) is 17.5 Å². The Morgan fingerprint density at radius 1 is 1.35 bits per heavy atom. The second-order valence-corrected chi connectivity index (χ2v) is 4.19. The Morgan fingerprint density at radius 3 is 2.88 bits per heavy atom. The van der Waals surface area contributed by atoms with E-state index >= 15 is 0 Å². The van der Waals surface area contributed by atoms with E-state index in [9.17, 15) is 8.78 Å². The number of halogens is 2. The lowest BCUT2D eigenvalue weighted by molar-refractivity contribution is 0.376. The molecule has 2 aromatic rings. The van der Waals surface area contributed by atoms with Gasteiger partial charge in [-0.15, -0.1) is 11.8 Å². The molecule has 0 aliphatic rings. The average Bonchev–Trinajstić information content (AvgIpc) is 2.78. The Kier molecular flexibility index (Phi) is 3.70. The van der Waals surface area contributed by atoms with Gasteiger partial charge in [0, 0.05) is 4.90 Å². The first-order valence-electron chi connectivity index (χ1n) is 4.78. The van der Waals surface area contributed by atoms with E-state index in [2.05, 4.69) is 10.1 Å². The van der Waals surface area contributed by atoms with E-state index in [-0.39, 0.29) is 11.4 Å². The molecule has 1 aromatic carbocycles. The molecule has 17 heavy (non-hydrogen) atoms. The van der Waals surface area contributed by atoms with Gasteiger partial charge in [-0.3, -0.25) is 0 Å². The van der Waals surface area contributed by atoms with Crippen LogP contribution in [0.15, 0.2) is 27.6 Å². The monoisotopic (exact) mass is 257 g/mol.